The molecule has 3 aromatic rings. The van der Waals surface area contributed by atoms with Crippen LogP contribution in [0, 0.1) is 0 Å². The fourth-order valence-electron chi connectivity index (χ4n) is 3.70. The van der Waals surface area contributed by atoms with Gasteiger partial charge in [0.05, 0.1) is 6.04 Å². The minimum absolute atomic E-state index is 0.185. The molecule has 0 aliphatic carbocycles. The van der Waals surface area contributed by atoms with E-state index in [1.54, 1.807) is 33.9 Å². The number of ether oxygens (including phenoxy) is 2. The Bertz CT molecular complexity index is 1140. The first-order valence-corrected chi connectivity index (χ1v) is 11.2. The van der Waals surface area contributed by atoms with Gasteiger partial charge in [-0.25, -0.2) is 4.79 Å². The summed E-state index contributed by atoms with van der Waals surface area (Å²) in [5.41, 5.74) is 2.31. The number of aromatic hydroxyl groups is 1. The smallest absolute Gasteiger partial charge is 0.408 e. The van der Waals surface area contributed by atoms with Gasteiger partial charge in [-0.2, -0.15) is 0 Å². The largest absolute Gasteiger partial charge is 0.507 e. The highest BCUT2D eigenvalue weighted by atomic mass is 16.6. The summed E-state index contributed by atoms with van der Waals surface area (Å²) < 4.78 is 10.4. The van der Waals surface area contributed by atoms with Gasteiger partial charge in [0.25, 0.3) is 0 Å². The zero-order valence-electron chi connectivity index (χ0n) is 20.1. The molecule has 2 amide bonds. The van der Waals surface area contributed by atoms with E-state index in [1.807, 2.05) is 54.6 Å². The summed E-state index contributed by atoms with van der Waals surface area (Å²) in [6.45, 7) is 5.57. The quantitative estimate of drug-likeness (QED) is 0.439. The zero-order chi connectivity index (χ0) is 24.7. The Hall–Kier alpha value is -3.58. The molecule has 0 aromatic heterocycles. The Kier molecular flexibility index (Phi) is 8.12. The van der Waals surface area contributed by atoms with Crippen LogP contribution in [0.25, 0.3) is 21.9 Å². The Labute approximate surface area is 200 Å². The summed E-state index contributed by atoms with van der Waals surface area (Å²) in [6.07, 6.45) is -0.0579. The van der Waals surface area contributed by atoms with Gasteiger partial charge in [0, 0.05) is 19.1 Å². The molecular formula is C27H32N2O5. The number of methoxy groups -OCH3 is 1. The van der Waals surface area contributed by atoms with E-state index in [-0.39, 0.29) is 24.2 Å². The Morgan fingerprint density at radius 2 is 1.65 bits per heavy atom. The molecule has 1 atom stereocenters. The molecule has 0 spiro atoms. The number of fused-ring (bicyclic) bond motifs is 1. The normalized spacial score (nSPS) is 12.2. The van der Waals surface area contributed by atoms with Crippen LogP contribution in [0.4, 0.5) is 4.79 Å². The summed E-state index contributed by atoms with van der Waals surface area (Å²) in [6, 6.07) is 19.0. The van der Waals surface area contributed by atoms with Crippen LogP contribution in [0.15, 0.2) is 60.7 Å². The number of amides is 2. The van der Waals surface area contributed by atoms with Gasteiger partial charge in [0.1, 0.15) is 17.9 Å². The van der Waals surface area contributed by atoms with E-state index in [9.17, 15) is 14.7 Å². The number of carbonyl (C=O) groups excluding carboxylic acids is 2. The second kappa shape index (κ2) is 11.0. The lowest BCUT2D eigenvalue weighted by molar-refractivity contribution is -0.121. The van der Waals surface area contributed by atoms with E-state index in [2.05, 4.69) is 10.6 Å². The van der Waals surface area contributed by atoms with Crippen LogP contribution in [0.3, 0.4) is 0 Å². The van der Waals surface area contributed by atoms with E-state index in [4.69, 9.17) is 9.47 Å². The molecule has 3 rings (SSSR count). The van der Waals surface area contributed by atoms with Crippen LogP contribution in [0.1, 0.15) is 38.8 Å². The standard InChI is InChI=1S/C27H32N2O5/c1-27(2,3)34-26(32)28-17-25(31)29-23(15-16-33-4)19-11-9-18(10-12-19)20-13-14-24(30)22-8-6-5-7-21(20)22/h5-14,23,30H,15-17H2,1-4H3,(H,28,32)(H,29,31)/t23-/m0/s1. The minimum Gasteiger partial charge on any atom is -0.507 e. The first kappa shape index (κ1) is 25.1. The van der Waals surface area contributed by atoms with Gasteiger partial charge in [-0.3, -0.25) is 4.79 Å². The third-order valence-corrected chi connectivity index (χ3v) is 5.26. The molecule has 0 aliphatic heterocycles. The molecule has 0 heterocycles. The maximum atomic E-state index is 12.5. The van der Waals surface area contributed by atoms with Gasteiger partial charge in [-0.05, 0) is 55.3 Å². The van der Waals surface area contributed by atoms with Crippen LogP contribution >= 0.6 is 0 Å². The van der Waals surface area contributed by atoms with Gasteiger partial charge < -0.3 is 25.2 Å². The average Bonchev–Trinajstić information content (AvgIpc) is 2.80. The van der Waals surface area contributed by atoms with Crippen LogP contribution in [-0.4, -0.2) is 43.0 Å². The number of carbonyl (C=O) groups is 2. The lowest BCUT2D eigenvalue weighted by atomic mass is 9.95. The van der Waals surface area contributed by atoms with Gasteiger partial charge in [0.2, 0.25) is 5.91 Å². The highest BCUT2D eigenvalue weighted by molar-refractivity contribution is 5.99. The lowest BCUT2D eigenvalue weighted by Crippen LogP contribution is -2.41. The van der Waals surface area contributed by atoms with Gasteiger partial charge in [0.15, 0.2) is 0 Å². The monoisotopic (exact) mass is 464 g/mol. The number of alkyl carbamates (subject to hydrolysis) is 1. The molecule has 0 aliphatic rings. The summed E-state index contributed by atoms with van der Waals surface area (Å²) in [4.78, 5) is 24.3. The molecule has 7 heteroatoms. The van der Waals surface area contributed by atoms with Crippen molar-refractivity contribution in [1.29, 1.82) is 0 Å². The van der Waals surface area contributed by atoms with Gasteiger partial charge in [-0.15, -0.1) is 0 Å². The van der Waals surface area contributed by atoms with Crippen molar-refractivity contribution in [3.8, 4) is 16.9 Å². The second-order valence-corrected chi connectivity index (χ2v) is 9.06. The van der Waals surface area contributed by atoms with Crippen molar-refractivity contribution < 1.29 is 24.2 Å². The highest BCUT2D eigenvalue weighted by Crippen LogP contribution is 2.34. The third-order valence-electron chi connectivity index (χ3n) is 5.26. The number of hydrogen-bond donors (Lipinski definition) is 3. The summed E-state index contributed by atoms with van der Waals surface area (Å²) in [5.74, 6) is -0.0705. The van der Waals surface area contributed by atoms with E-state index in [0.29, 0.717) is 13.0 Å². The van der Waals surface area contributed by atoms with Crippen LogP contribution in [0.2, 0.25) is 0 Å². The van der Waals surface area contributed by atoms with Gasteiger partial charge in [-0.1, -0.05) is 54.6 Å². The molecule has 0 fully saturated rings. The molecule has 0 saturated carbocycles. The van der Waals surface area contributed by atoms with Crippen molar-refractivity contribution in [3.63, 3.8) is 0 Å². The van der Waals surface area contributed by atoms with Crippen molar-refractivity contribution in [3.05, 3.63) is 66.2 Å². The maximum absolute atomic E-state index is 12.5. The first-order valence-electron chi connectivity index (χ1n) is 11.2. The molecule has 3 N–H and O–H groups in total. The van der Waals surface area contributed by atoms with Crippen LogP contribution in [-0.2, 0) is 14.3 Å². The van der Waals surface area contributed by atoms with E-state index < -0.39 is 11.7 Å². The number of rotatable bonds is 8. The lowest BCUT2D eigenvalue weighted by Gasteiger charge is -2.21. The summed E-state index contributed by atoms with van der Waals surface area (Å²) >= 11 is 0. The Morgan fingerprint density at radius 1 is 0.971 bits per heavy atom. The molecule has 34 heavy (non-hydrogen) atoms. The molecule has 7 nitrogen and oxygen atoms in total. The molecule has 0 saturated heterocycles. The number of hydrogen-bond acceptors (Lipinski definition) is 5. The van der Waals surface area contributed by atoms with Crippen molar-refractivity contribution in [2.75, 3.05) is 20.3 Å². The van der Waals surface area contributed by atoms with Crippen molar-refractivity contribution >= 4 is 22.8 Å². The molecule has 3 aromatic carbocycles. The molecule has 0 unspecified atom stereocenters. The predicted molar refractivity (Wildman–Crippen MR) is 133 cm³/mol. The van der Waals surface area contributed by atoms with Crippen molar-refractivity contribution in [2.45, 2.75) is 38.8 Å². The van der Waals surface area contributed by atoms with Crippen LogP contribution < -0.4 is 10.6 Å². The first-order chi connectivity index (χ1) is 16.2. The molecule has 0 bridgehead atoms. The van der Waals surface area contributed by atoms with E-state index in [0.717, 1.165) is 27.5 Å². The average molecular weight is 465 g/mol. The van der Waals surface area contributed by atoms with Crippen molar-refractivity contribution in [1.82, 2.24) is 10.6 Å². The summed E-state index contributed by atoms with van der Waals surface area (Å²) in [7, 11) is 1.61. The third kappa shape index (κ3) is 6.71. The number of benzene rings is 3. The van der Waals surface area contributed by atoms with E-state index in [1.165, 1.54) is 0 Å². The zero-order valence-corrected chi connectivity index (χ0v) is 20.1. The molecular weight excluding hydrogens is 432 g/mol. The molecule has 180 valence electrons. The maximum Gasteiger partial charge on any atom is 0.408 e. The molecule has 0 radical (unpaired) electrons. The highest BCUT2D eigenvalue weighted by Gasteiger charge is 2.19. The summed E-state index contributed by atoms with van der Waals surface area (Å²) in [5, 5.41) is 17.4. The van der Waals surface area contributed by atoms with Crippen molar-refractivity contribution in [2.24, 2.45) is 0 Å². The number of nitrogens with one attached hydrogen (secondary N) is 2. The Morgan fingerprint density at radius 3 is 2.29 bits per heavy atom. The SMILES string of the molecule is COCC[C@H](NC(=O)CNC(=O)OC(C)(C)C)c1ccc(-c2ccc(O)c3ccccc23)cc1. The number of phenolic OH excluding ortho intramolecular Hbond substituents is 1. The Balaban J connectivity index is 1.73. The fourth-order valence-corrected chi connectivity index (χ4v) is 3.70. The van der Waals surface area contributed by atoms with E-state index >= 15 is 0 Å². The number of phenols is 1. The fraction of sp³-hybridized carbons (Fsp3) is 0.333. The van der Waals surface area contributed by atoms with Crippen LogP contribution in [0.5, 0.6) is 5.75 Å². The minimum atomic E-state index is -0.637. The predicted octanol–water partition coefficient (Wildman–Crippen LogP) is 4.93. The van der Waals surface area contributed by atoms with Gasteiger partial charge >= 0.3 is 6.09 Å². The topological polar surface area (TPSA) is 96.9 Å². The second-order valence-electron chi connectivity index (χ2n) is 9.06.